The van der Waals surface area contributed by atoms with E-state index in [1.165, 1.54) is 0 Å². The zero-order valence-electron chi connectivity index (χ0n) is 27.2. The molecule has 10 nitrogen and oxygen atoms in total. The van der Waals surface area contributed by atoms with E-state index in [1.54, 1.807) is 19.1 Å². The molecule has 0 aliphatic heterocycles. The number of rotatable bonds is 17. The maximum atomic E-state index is 13.1. The Balaban J connectivity index is 1.27. The first-order valence-corrected chi connectivity index (χ1v) is 16.4. The SMILES string of the molecule is C=CCCC(NC(=O)OCC1c2ccccc2-c2ccccc21)C(=O)OCC(C)NC(=O)C(CC=C)CC(=O)NC1(CO)CCCC1. The molecule has 0 heterocycles. The number of hydrogen-bond donors (Lipinski definition) is 4. The summed E-state index contributed by atoms with van der Waals surface area (Å²) in [6, 6.07) is 14.5. The lowest BCUT2D eigenvalue weighted by Gasteiger charge is -2.29. The molecule has 1 fully saturated rings. The van der Waals surface area contributed by atoms with Crippen molar-refractivity contribution >= 4 is 23.9 Å². The molecule has 0 aromatic heterocycles. The number of nitrogens with one attached hydrogen (secondary N) is 3. The van der Waals surface area contributed by atoms with Crippen LogP contribution in [0.4, 0.5) is 4.79 Å². The number of esters is 1. The Hall–Kier alpha value is -4.44. The van der Waals surface area contributed by atoms with E-state index in [2.05, 4.69) is 41.2 Å². The summed E-state index contributed by atoms with van der Waals surface area (Å²) in [5, 5.41) is 18.2. The quantitative estimate of drug-likeness (QED) is 0.141. The van der Waals surface area contributed by atoms with Crippen LogP contribution in [0.25, 0.3) is 11.1 Å². The summed E-state index contributed by atoms with van der Waals surface area (Å²) in [6.45, 7) is 8.94. The highest BCUT2D eigenvalue weighted by molar-refractivity contribution is 5.86. The number of allylic oxidation sites excluding steroid dienone is 2. The molecule has 3 atom stereocenters. The number of aliphatic hydroxyl groups excluding tert-OH is 1. The minimum absolute atomic E-state index is 0.0558. The summed E-state index contributed by atoms with van der Waals surface area (Å²) in [5.74, 6) is -2.11. The Morgan fingerprint density at radius 2 is 1.60 bits per heavy atom. The van der Waals surface area contributed by atoms with Crippen LogP contribution in [0.2, 0.25) is 0 Å². The average Bonchev–Trinajstić information content (AvgIpc) is 3.67. The number of carbonyl (C=O) groups is 4. The molecule has 3 unspecified atom stereocenters. The van der Waals surface area contributed by atoms with Crippen molar-refractivity contribution in [2.24, 2.45) is 5.92 Å². The van der Waals surface area contributed by atoms with Crippen molar-refractivity contribution in [3.8, 4) is 11.1 Å². The summed E-state index contributed by atoms with van der Waals surface area (Å²) in [5.41, 5.74) is 3.77. The molecular formula is C37H47N3O7. The van der Waals surface area contributed by atoms with Crippen LogP contribution in [0.5, 0.6) is 0 Å². The Bertz CT molecular complexity index is 1390. The highest BCUT2D eigenvalue weighted by atomic mass is 16.6. The number of hydrogen-bond acceptors (Lipinski definition) is 7. The van der Waals surface area contributed by atoms with Crippen LogP contribution in [0.1, 0.15) is 75.3 Å². The van der Waals surface area contributed by atoms with Gasteiger partial charge in [-0.25, -0.2) is 9.59 Å². The van der Waals surface area contributed by atoms with Crippen molar-refractivity contribution in [2.45, 2.75) is 81.8 Å². The van der Waals surface area contributed by atoms with E-state index in [1.807, 2.05) is 36.4 Å². The Morgan fingerprint density at radius 3 is 2.19 bits per heavy atom. The molecular weight excluding hydrogens is 598 g/mol. The van der Waals surface area contributed by atoms with Crippen molar-refractivity contribution in [1.82, 2.24) is 16.0 Å². The standard InChI is InChI=1S/C37H47N3O7/c1-4-6-18-32(39-36(45)47-23-31-29-16-9-7-14-27(29)28-15-8-10-17-30(28)31)35(44)46-22-25(3)38-34(43)26(13-5-2)21-33(42)40-37(24-41)19-11-12-20-37/h4-5,7-10,14-17,25-26,31-32,41H,1-2,6,11-13,18-24H2,3H3,(H,38,43)(H,39,45)(H,40,42). The number of aliphatic hydroxyl groups is 1. The Morgan fingerprint density at radius 1 is 0.957 bits per heavy atom. The lowest BCUT2D eigenvalue weighted by Crippen LogP contribution is -2.50. The second-order valence-corrected chi connectivity index (χ2v) is 12.5. The smallest absolute Gasteiger partial charge is 0.407 e. The molecule has 3 amide bonds. The Labute approximate surface area is 277 Å². The molecule has 47 heavy (non-hydrogen) atoms. The van der Waals surface area contributed by atoms with Gasteiger partial charge in [-0.1, -0.05) is 73.5 Å². The average molecular weight is 646 g/mol. The lowest BCUT2D eigenvalue weighted by molar-refractivity contribution is -0.147. The van der Waals surface area contributed by atoms with Gasteiger partial charge >= 0.3 is 12.1 Å². The molecule has 0 saturated heterocycles. The summed E-state index contributed by atoms with van der Waals surface area (Å²) in [7, 11) is 0. The van der Waals surface area contributed by atoms with Gasteiger partial charge in [0.2, 0.25) is 11.8 Å². The predicted molar refractivity (Wildman–Crippen MR) is 179 cm³/mol. The molecule has 4 N–H and O–H groups in total. The number of fused-ring (bicyclic) bond motifs is 3. The largest absolute Gasteiger partial charge is 0.462 e. The first-order chi connectivity index (χ1) is 22.7. The molecule has 2 aliphatic carbocycles. The van der Waals surface area contributed by atoms with Crippen LogP contribution in [-0.2, 0) is 23.9 Å². The van der Waals surface area contributed by atoms with Crippen LogP contribution in [0.15, 0.2) is 73.8 Å². The molecule has 0 spiro atoms. The monoisotopic (exact) mass is 645 g/mol. The third-order valence-corrected chi connectivity index (χ3v) is 8.97. The maximum Gasteiger partial charge on any atom is 0.407 e. The van der Waals surface area contributed by atoms with Gasteiger partial charge in [-0.2, -0.15) is 0 Å². The highest BCUT2D eigenvalue weighted by Crippen LogP contribution is 2.44. The Kier molecular flexibility index (Phi) is 12.8. The van der Waals surface area contributed by atoms with Gasteiger partial charge < -0.3 is 30.5 Å². The van der Waals surface area contributed by atoms with Crippen molar-refractivity contribution in [3.63, 3.8) is 0 Å². The van der Waals surface area contributed by atoms with Gasteiger partial charge in [-0.15, -0.1) is 13.2 Å². The summed E-state index contributed by atoms with van der Waals surface area (Å²) in [6.07, 6.45) is 6.73. The van der Waals surface area contributed by atoms with E-state index < -0.39 is 35.6 Å². The van der Waals surface area contributed by atoms with Crippen molar-refractivity contribution < 1.29 is 33.8 Å². The second kappa shape index (κ2) is 16.9. The van der Waals surface area contributed by atoms with Crippen molar-refractivity contribution in [1.29, 1.82) is 0 Å². The molecule has 2 aromatic rings. The fraction of sp³-hybridized carbons (Fsp3) is 0.459. The molecule has 0 radical (unpaired) electrons. The first kappa shape index (κ1) is 35.4. The van der Waals surface area contributed by atoms with E-state index in [0.717, 1.165) is 35.1 Å². The molecule has 2 aliphatic rings. The van der Waals surface area contributed by atoms with Crippen molar-refractivity contribution in [3.05, 3.63) is 85.0 Å². The van der Waals surface area contributed by atoms with Crippen LogP contribution in [-0.4, -0.2) is 66.4 Å². The predicted octanol–water partition coefficient (Wildman–Crippen LogP) is 4.91. The minimum atomic E-state index is -0.974. The summed E-state index contributed by atoms with van der Waals surface area (Å²) < 4.78 is 11.1. The first-order valence-electron chi connectivity index (χ1n) is 16.4. The molecule has 1 saturated carbocycles. The molecule has 10 heteroatoms. The third kappa shape index (κ3) is 9.32. The fourth-order valence-electron chi connectivity index (χ4n) is 6.46. The fourth-order valence-corrected chi connectivity index (χ4v) is 6.46. The van der Waals surface area contributed by atoms with Crippen LogP contribution in [0.3, 0.4) is 0 Å². The van der Waals surface area contributed by atoms with Crippen LogP contribution in [0, 0.1) is 5.92 Å². The normalized spacial score (nSPS) is 16.5. The zero-order chi connectivity index (χ0) is 33.8. The van der Waals surface area contributed by atoms with Gasteiger partial charge in [0, 0.05) is 12.3 Å². The third-order valence-electron chi connectivity index (χ3n) is 8.97. The second-order valence-electron chi connectivity index (χ2n) is 12.5. The maximum absolute atomic E-state index is 13.1. The van der Waals surface area contributed by atoms with E-state index in [0.29, 0.717) is 19.3 Å². The molecule has 252 valence electrons. The number of alkyl carbamates (subject to hydrolysis) is 1. The summed E-state index contributed by atoms with van der Waals surface area (Å²) in [4.78, 5) is 51.7. The molecule has 0 bridgehead atoms. The number of benzene rings is 2. The number of amides is 3. The zero-order valence-corrected chi connectivity index (χ0v) is 27.2. The van der Waals surface area contributed by atoms with Crippen LogP contribution >= 0.6 is 0 Å². The van der Waals surface area contributed by atoms with Crippen molar-refractivity contribution in [2.75, 3.05) is 19.8 Å². The van der Waals surface area contributed by atoms with Crippen LogP contribution < -0.4 is 16.0 Å². The molecule has 4 rings (SSSR count). The molecule has 2 aromatic carbocycles. The van der Waals surface area contributed by atoms with Gasteiger partial charge in [-0.3, -0.25) is 9.59 Å². The highest BCUT2D eigenvalue weighted by Gasteiger charge is 2.36. The number of ether oxygens (including phenoxy) is 2. The van der Waals surface area contributed by atoms with E-state index in [-0.39, 0.29) is 56.8 Å². The topological polar surface area (TPSA) is 143 Å². The van der Waals surface area contributed by atoms with Gasteiger partial charge in [0.1, 0.15) is 19.3 Å². The van der Waals surface area contributed by atoms with E-state index >= 15 is 0 Å². The van der Waals surface area contributed by atoms with Gasteiger partial charge in [0.15, 0.2) is 0 Å². The lowest BCUT2D eigenvalue weighted by atomic mass is 9.95. The number of carbonyl (C=O) groups excluding carboxylic acids is 4. The minimum Gasteiger partial charge on any atom is -0.462 e. The van der Waals surface area contributed by atoms with Gasteiger partial charge in [-0.05, 0) is 61.3 Å². The van der Waals surface area contributed by atoms with E-state index in [9.17, 15) is 24.3 Å². The van der Waals surface area contributed by atoms with Gasteiger partial charge in [0.25, 0.3) is 0 Å². The van der Waals surface area contributed by atoms with E-state index in [4.69, 9.17) is 9.47 Å². The summed E-state index contributed by atoms with van der Waals surface area (Å²) >= 11 is 0. The van der Waals surface area contributed by atoms with Gasteiger partial charge in [0.05, 0.1) is 24.1 Å².